The van der Waals surface area contributed by atoms with E-state index in [2.05, 4.69) is 4.90 Å². The number of hydrogen-bond donors (Lipinski definition) is 5. The second-order valence-corrected chi connectivity index (χ2v) is 13.3. The number of carbonyl (C=O) groups excluding carboxylic acids is 3. The van der Waals surface area contributed by atoms with Crippen molar-refractivity contribution in [3.05, 3.63) is 45.5 Å². The average molecular weight is 598 g/mol. The van der Waals surface area contributed by atoms with Crippen molar-refractivity contribution in [3.63, 3.8) is 0 Å². The monoisotopic (exact) mass is 597 g/mol. The standard InChI is InChI=1S/C32H40FN3O7/c1-35(2)26-20-11-16-10-19-23(27(38)22(16)29(40)32(20,43)30(41)24(28(26)39)31(34)42)21(37)12-17(25(19)33)14-36(13-15-8-9-15)18-6-4-3-5-7-18/h12,15-16,18,20,26,37-38,41,43H,3-11,13-14H2,1-2H3,(H2,34,42)/t16-,20-,26-,32-/m0/s1. The molecule has 4 atom stereocenters. The molecule has 10 nitrogen and oxygen atoms in total. The van der Waals surface area contributed by atoms with Gasteiger partial charge in [-0.3, -0.25) is 24.2 Å². The summed E-state index contributed by atoms with van der Waals surface area (Å²) in [5.74, 6) is -7.39. The lowest BCUT2D eigenvalue weighted by molar-refractivity contribution is -0.153. The lowest BCUT2D eigenvalue weighted by atomic mass is 9.57. The number of Topliss-reactive ketones (excluding diaryl/α,β-unsaturated/α-hetero) is 2. The molecule has 0 aromatic heterocycles. The second-order valence-electron chi connectivity index (χ2n) is 13.3. The predicted octanol–water partition coefficient (Wildman–Crippen LogP) is 2.65. The highest BCUT2D eigenvalue weighted by Gasteiger charge is 2.64. The number of phenolic OH excluding ortho intramolecular Hbond substituents is 1. The van der Waals surface area contributed by atoms with Crippen LogP contribution in [0.4, 0.5) is 4.39 Å². The van der Waals surface area contributed by atoms with Crippen molar-refractivity contribution in [3.8, 4) is 5.75 Å². The van der Waals surface area contributed by atoms with E-state index in [1.807, 2.05) is 0 Å². The molecule has 0 spiro atoms. The number of ketones is 2. The third kappa shape index (κ3) is 4.67. The van der Waals surface area contributed by atoms with Crippen LogP contribution < -0.4 is 5.73 Å². The normalized spacial score (nSPS) is 29.7. The number of amides is 1. The van der Waals surface area contributed by atoms with Crippen LogP contribution in [0.15, 0.2) is 23.0 Å². The van der Waals surface area contributed by atoms with Gasteiger partial charge in [0.2, 0.25) is 5.78 Å². The number of nitrogens with two attached hydrogens (primary N) is 1. The summed E-state index contributed by atoms with van der Waals surface area (Å²) in [5.41, 5.74) is 1.67. The molecule has 5 aliphatic carbocycles. The number of aliphatic hydroxyl groups is 3. The van der Waals surface area contributed by atoms with Gasteiger partial charge in [-0.15, -0.1) is 0 Å². The van der Waals surface area contributed by atoms with Crippen LogP contribution in [0.1, 0.15) is 68.1 Å². The molecular weight excluding hydrogens is 557 g/mol. The number of rotatable bonds is 7. The summed E-state index contributed by atoms with van der Waals surface area (Å²) in [6.07, 6.45) is 7.76. The maximum absolute atomic E-state index is 16.4. The predicted molar refractivity (Wildman–Crippen MR) is 154 cm³/mol. The first-order valence-corrected chi connectivity index (χ1v) is 15.3. The number of nitrogens with zero attached hydrogens (tertiary/aromatic N) is 2. The number of phenols is 1. The summed E-state index contributed by atoms with van der Waals surface area (Å²) >= 11 is 0. The molecule has 11 heteroatoms. The van der Waals surface area contributed by atoms with Gasteiger partial charge >= 0.3 is 0 Å². The zero-order valence-electron chi connectivity index (χ0n) is 24.6. The summed E-state index contributed by atoms with van der Waals surface area (Å²) < 4.78 is 16.4. The maximum atomic E-state index is 16.4. The largest absolute Gasteiger partial charge is 0.508 e. The van der Waals surface area contributed by atoms with Crippen molar-refractivity contribution >= 4 is 23.2 Å². The molecule has 5 aliphatic rings. The first-order chi connectivity index (χ1) is 20.4. The summed E-state index contributed by atoms with van der Waals surface area (Å²) in [6, 6.07) is 0.467. The fourth-order valence-electron chi connectivity index (χ4n) is 8.10. The maximum Gasteiger partial charge on any atom is 0.255 e. The van der Waals surface area contributed by atoms with Crippen molar-refractivity contribution in [2.75, 3.05) is 20.6 Å². The zero-order chi connectivity index (χ0) is 31.0. The number of hydrogen-bond acceptors (Lipinski definition) is 9. The van der Waals surface area contributed by atoms with Gasteiger partial charge in [0.05, 0.1) is 11.6 Å². The van der Waals surface area contributed by atoms with Crippen LogP contribution in [0.25, 0.3) is 5.76 Å². The Balaban J connectivity index is 1.42. The number of aliphatic hydroxyl groups excluding tert-OH is 2. The molecule has 0 aliphatic heterocycles. The summed E-state index contributed by atoms with van der Waals surface area (Å²) in [6.45, 7) is 1.20. The molecule has 0 unspecified atom stereocenters. The van der Waals surface area contributed by atoms with Crippen LogP contribution in [0, 0.1) is 23.6 Å². The first kappa shape index (κ1) is 29.8. The van der Waals surface area contributed by atoms with Crippen LogP contribution >= 0.6 is 0 Å². The van der Waals surface area contributed by atoms with Crippen molar-refractivity contribution < 1.29 is 39.2 Å². The minimum Gasteiger partial charge on any atom is -0.508 e. The number of likely N-dealkylation sites (N-methyl/N-ethyl adjacent to an activating group) is 1. The molecule has 1 aromatic rings. The van der Waals surface area contributed by atoms with E-state index in [-0.39, 0.29) is 35.3 Å². The fraction of sp³-hybridized carbons (Fsp3) is 0.594. The van der Waals surface area contributed by atoms with Crippen molar-refractivity contribution in [2.45, 2.75) is 82.0 Å². The number of aromatic hydroxyl groups is 1. The minimum atomic E-state index is -2.72. The Kier molecular flexibility index (Phi) is 7.42. The molecule has 6 N–H and O–H groups in total. The quantitative estimate of drug-likeness (QED) is 0.297. The Morgan fingerprint density at radius 1 is 1.09 bits per heavy atom. The van der Waals surface area contributed by atoms with Gasteiger partial charge in [-0.05, 0) is 70.5 Å². The SMILES string of the molecule is CN(C)[C@@H]1C(=O)C(C(N)=O)=C(O)[C@@]2(O)C(=O)C3=C(O)c4c(O)cc(CN(CC5CC5)C5CCCCC5)c(F)c4C[C@H]3C[C@@H]12. The average Bonchev–Trinajstić information content (AvgIpc) is 3.77. The summed E-state index contributed by atoms with van der Waals surface area (Å²) in [5, 5.41) is 45.2. The number of benzene rings is 1. The van der Waals surface area contributed by atoms with E-state index in [0.29, 0.717) is 24.1 Å². The Morgan fingerprint density at radius 2 is 1.77 bits per heavy atom. The van der Waals surface area contributed by atoms with Crippen LogP contribution in [-0.2, 0) is 27.3 Å². The van der Waals surface area contributed by atoms with Gasteiger partial charge in [0, 0.05) is 41.7 Å². The zero-order valence-corrected chi connectivity index (χ0v) is 24.6. The Labute approximate surface area is 249 Å². The van der Waals surface area contributed by atoms with Crippen LogP contribution in [0.2, 0.25) is 0 Å². The van der Waals surface area contributed by atoms with Gasteiger partial charge in [0.15, 0.2) is 11.4 Å². The van der Waals surface area contributed by atoms with Crippen LogP contribution in [0.3, 0.4) is 0 Å². The molecule has 232 valence electrons. The van der Waals surface area contributed by atoms with Crippen LogP contribution in [-0.4, -0.2) is 86.0 Å². The second kappa shape index (κ2) is 10.7. The molecule has 3 saturated carbocycles. The van der Waals surface area contributed by atoms with Crippen LogP contribution in [0.5, 0.6) is 5.75 Å². The van der Waals surface area contributed by atoms with Crippen molar-refractivity contribution in [1.82, 2.24) is 9.80 Å². The van der Waals surface area contributed by atoms with Crippen molar-refractivity contribution in [2.24, 2.45) is 23.5 Å². The molecule has 3 fully saturated rings. The van der Waals surface area contributed by atoms with Gasteiger partial charge in [-0.1, -0.05) is 19.3 Å². The lowest BCUT2D eigenvalue weighted by Gasteiger charge is -2.50. The van der Waals surface area contributed by atoms with Gasteiger partial charge in [0.25, 0.3) is 5.91 Å². The lowest BCUT2D eigenvalue weighted by Crippen LogP contribution is -2.65. The summed E-state index contributed by atoms with van der Waals surface area (Å²) in [4.78, 5) is 43.1. The van der Waals surface area contributed by atoms with Gasteiger partial charge in [0.1, 0.15) is 28.7 Å². The van der Waals surface area contributed by atoms with E-state index in [1.165, 1.54) is 31.5 Å². The number of fused-ring (bicyclic) bond motifs is 3. The topological polar surface area (TPSA) is 165 Å². The molecule has 0 radical (unpaired) electrons. The molecule has 0 bridgehead atoms. The molecule has 6 rings (SSSR count). The minimum absolute atomic E-state index is 0.0617. The highest BCUT2D eigenvalue weighted by molar-refractivity contribution is 6.24. The highest BCUT2D eigenvalue weighted by Crippen LogP contribution is 2.53. The van der Waals surface area contributed by atoms with E-state index in [4.69, 9.17) is 5.73 Å². The van der Waals surface area contributed by atoms with E-state index < -0.39 is 63.9 Å². The van der Waals surface area contributed by atoms with E-state index in [9.17, 15) is 34.8 Å². The first-order valence-electron chi connectivity index (χ1n) is 15.3. The van der Waals surface area contributed by atoms with Gasteiger partial charge in [-0.2, -0.15) is 0 Å². The number of halogens is 1. The molecule has 1 amide bonds. The van der Waals surface area contributed by atoms with Crippen molar-refractivity contribution in [1.29, 1.82) is 0 Å². The molecule has 0 heterocycles. The third-order valence-electron chi connectivity index (χ3n) is 10.4. The summed E-state index contributed by atoms with van der Waals surface area (Å²) in [7, 11) is 3.08. The number of carbonyl (C=O) groups is 3. The van der Waals surface area contributed by atoms with E-state index in [1.54, 1.807) is 0 Å². The van der Waals surface area contributed by atoms with Gasteiger partial charge < -0.3 is 26.2 Å². The Morgan fingerprint density at radius 3 is 2.37 bits per heavy atom. The fourth-order valence-corrected chi connectivity index (χ4v) is 8.10. The van der Waals surface area contributed by atoms with E-state index in [0.717, 1.165) is 45.1 Å². The molecular formula is C32H40FN3O7. The Hall–Kier alpha value is -3.28. The third-order valence-corrected chi connectivity index (χ3v) is 10.4. The van der Waals surface area contributed by atoms with Gasteiger partial charge in [-0.25, -0.2) is 4.39 Å². The molecule has 0 saturated heterocycles. The highest BCUT2D eigenvalue weighted by atomic mass is 19.1. The smallest absolute Gasteiger partial charge is 0.255 e. The molecule has 1 aromatic carbocycles. The molecule has 43 heavy (non-hydrogen) atoms. The number of primary amides is 1. The van der Waals surface area contributed by atoms with E-state index >= 15 is 4.39 Å². The Bertz CT molecular complexity index is 1460.